The predicted molar refractivity (Wildman–Crippen MR) is 119 cm³/mol. The van der Waals surface area contributed by atoms with E-state index in [0.29, 0.717) is 22.6 Å². The van der Waals surface area contributed by atoms with Crippen LogP contribution in [0.1, 0.15) is 32.0 Å². The summed E-state index contributed by atoms with van der Waals surface area (Å²) in [5, 5.41) is 3.06. The van der Waals surface area contributed by atoms with Gasteiger partial charge in [0.15, 0.2) is 5.69 Å². The molecule has 1 aromatic carbocycles. The van der Waals surface area contributed by atoms with Crippen molar-refractivity contribution in [2.75, 3.05) is 5.32 Å². The molecule has 0 unspecified atom stereocenters. The quantitative estimate of drug-likeness (QED) is 0.289. The Labute approximate surface area is 193 Å². The van der Waals surface area contributed by atoms with Crippen molar-refractivity contribution in [1.82, 2.24) is 19.5 Å². The van der Waals surface area contributed by atoms with Gasteiger partial charge in [-0.05, 0) is 62.7 Å². The number of benzene rings is 1. The van der Waals surface area contributed by atoms with Crippen molar-refractivity contribution in [2.45, 2.75) is 32.5 Å². The topological polar surface area (TPSA) is 81.9 Å². The van der Waals surface area contributed by atoms with Gasteiger partial charge in [0, 0.05) is 42.3 Å². The molecule has 1 N–H and O–H groups in total. The molecule has 2 heterocycles. The Morgan fingerprint density at radius 1 is 1.15 bits per heavy atom. The molecule has 0 spiro atoms. The van der Waals surface area contributed by atoms with E-state index in [9.17, 15) is 18.0 Å². The Kier molecular flexibility index (Phi) is 6.78. The molecule has 2 aromatic heterocycles. The number of hydrogen-bond acceptors (Lipinski definition) is 6. The van der Waals surface area contributed by atoms with Gasteiger partial charge < -0.3 is 14.6 Å². The zero-order chi connectivity index (χ0) is 24.4. The van der Waals surface area contributed by atoms with Crippen LogP contribution in [0.3, 0.4) is 0 Å². The summed E-state index contributed by atoms with van der Waals surface area (Å²) >= 11 is 5.91. The van der Waals surface area contributed by atoms with Crippen LogP contribution in [0, 0.1) is 0 Å². The van der Waals surface area contributed by atoms with Crippen molar-refractivity contribution in [3.8, 4) is 11.4 Å². The van der Waals surface area contributed by atoms with Crippen molar-refractivity contribution in [3.63, 3.8) is 0 Å². The number of nitrogens with one attached hydrogen (secondary N) is 1. The summed E-state index contributed by atoms with van der Waals surface area (Å²) in [6.45, 7) is 5.28. The molecule has 0 aliphatic heterocycles. The first kappa shape index (κ1) is 24.2. The third-order valence-electron chi connectivity index (χ3n) is 4.17. The SMILES string of the molecule is Cn1cc(C(F)(F)F)nc1-c1ccc(Nc2nc(Cl)ncc2/C=C/C(=O)OC(C)(C)C)cc1. The Bertz CT molecular complexity index is 1180. The second kappa shape index (κ2) is 9.22. The van der Waals surface area contributed by atoms with Crippen molar-refractivity contribution in [3.05, 3.63) is 59.3 Å². The van der Waals surface area contributed by atoms with Gasteiger partial charge in [0.2, 0.25) is 5.28 Å². The standard InChI is InChI=1S/C22H21ClF3N5O2/c1-21(2,3)33-17(32)10-7-14-11-27-20(23)30-18(14)28-15-8-5-13(6-9-15)19-29-16(12-31(19)4)22(24,25)26/h5-12H,1-4H3,(H,27,28,30)/b10-7+. The van der Waals surface area contributed by atoms with E-state index in [0.717, 1.165) is 6.20 Å². The maximum absolute atomic E-state index is 12.9. The summed E-state index contributed by atoms with van der Waals surface area (Å²) in [4.78, 5) is 23.7. The van der Waals surface area contributed by atoms with E-state index >= 15 is 0 Å². The highest BCUT2D eigenvalue weighted by atomic mass is 35.5. The van der Waals surface area contributed by atoms with E-state index in [4.69, 9.17) is 16.3 Å². The average molecular weight is 480 g/mol. The Hall–Kier alpha value is -3.40. The molecule has 33 heavy (non-hydrogen) atoms. The minimum absolute atomic E-state index is 0.00349. The minimum Gasteiger partial charge on any atom is -0.457 e. The summed E-state index contributed by atoms with van der Waals surface area (Å²) in [5.41, 5.74) is -0.0167. The van der Waals surface area contributed by atoms with Gasteiger partial charge in [-0.15, -0.1) is 0 Å². The normalized spacial score (nSPS) is 12.2. The van der Waals surface area contributed by atoms with Gasteiger partial charge in [-0.3, -0.25) is 0 Å². The number of imidazole rings is 1. The first-order valence-corrected chi connectivity index (χ1v) is 10.1. The van der Waals surface area contributed by atoms with Crippen LogP contribution in [0.4, 0.5) is 24.7 Å². The third kappa shape index (κ3) is 6.55. The van der Waals surface area contributed by atoms with Crippen LogP contribution in [0.2, 0.25) is 5.28 Å². The molecule has 0 bridgehead atoms. The van der Waals surface area contributed by atoms with E-state index in [-0.39, 0.29) is 11.1 Å². The van der Waals surface area contributed by atoms with Crippen molar-refractivity contribution >= 4 is 35.2 Å². The number of carbonyl (C=O) groups excluding carboxylic acids is 1. The highest BCUT2D eigenvalue weighted by molar-refractivity contribution is 6.28. The number of anilines is 2. The lowest BCUT2D eigenvalue weighted by atomic mass is 10.2. The van der Waals surface area contributed by atoms with Crippen LogP contribution in [-0.2, 0) is 22.8 Å². The zero-order valence-electron chi connectivity index (χ0n) is 18.2. The molecule has 174 valence electrons. The third-order valence-corrected chi connectivity index (χ3v) is 4.35. The summed E-state index contributed by atoms with van der Waals surface area (Å²) in [5.74, 6) is -0.0140. The van der Waals surface area contributed by atoms with Gasteiger partial charge in [0.05, 0.1) is 0 Å². The number of aryl methyl sites for hydroxylation is 1. The fourth-order valence-electron chi connectivity index (χ4n) is 2.80. The second-order valence-corrected chi connectivity index (χ2v) is 8.41. The Balaban J connectivity index is 1.81. The molecule has 0 radical (unpaired) electrons. The molecule has 11 heteroatoms. The fourth-order valence-corrected chi connectivity index (χ4v) is 2.93. The molecule has 3 rings (SSSR count). The largest absolute Gasteiger partial charge is 0.457 e. The maximum atomic E-state index is 12.9. The molecule has 3 aromatic rings. The maximum Gasteiger partial charge on any atom is 0.434 e. The fraction of sp³-hybridized carbons (Fsp3) is 0.273. The van der Waals surface area contributed by atoms with Crippen molar-refractivity contribution < 1.29 is 22.7 Å². The number of nitrogens with zero attached hydrogens (tertiary/aromatic N) is 4. The van der Waals surface area contributed by atoms with Gasteiger partial charge in [-0.1, -0.05) is 0 Å². The lowest BCUT2D eigenvalue weighted by Crippen LogP contribution is -2.22. The second-order valence-electron chi connectivity index (χ2n) is 8.07. The molecule has 0 atom stereocenters. The van der Waals surface area contributed by atoms with Crippen molar-refractivity contribution in [1.29, 1.82) is 0 Å². The van der Waals surface area contributed by atoms with E-state index < -0.39 is 23.4 Å². The van der Waals surface area contributed by atoms with Gasteiger partial charge in [-0.25, -0.2) is 14.8 Å². The summed E-state index contributed by atoms with van der Waals surface area (Å²) in [6, 6.07) is 6.58. The molecular formula is C22H21ClF3N5O2. The van der Waals surface area contributed by atoms with E-state index in [1.165, 1.54) is 30.0 Å². The molecule has 0 aliphatic carbocycles. The molecule has 0 amide bonds. The zero-order valence-corrected chi connectivity index (χ0v) is 19.0. The number of alkyl halides is 3. The number of carbonyl (C=O) groups is 1. The van der Waals surface area contributed by atoms with Crippen LogP contribution < -0.4 is 5.32 Å². The molecular weight excluding hydrogens is 459 g/mol. The van der Waals surface area contributed by atoms with Crippen LogP contribution in [0.5, 0.6) is 0 Å². The molecule has 7 nitrogen and oxygen atoms in total. The number of aromatic nitrogens is 4. The van der Waals surface area contributed by atoms with Crippen LogP contribution in [0.25, 0.3) is 17.5 Å². The minimum atomic E-state index is -4.52. The van der Waals surface area contributed by atoms with E-state index in [2.05, 4.69) is 20.3 Å². The molecule has 0 saturated heterocycles. The Morgan fingerprint density at radius 3 is 2.39 bits per heavy atom. The predicted octanol–water partition coefficient (Wildman–Crippen LogP) is 5.65. The molecule has 0 fully saturated rings. The lowest BCUT2D eigenvalue weighted by Gasteiger charge is -2.18. The van der Waals surface area contributed by atoms with E-state index in [1.807, 2.05) is 0 Å². The number of rotatable bonds is 5. The van der Waals surface area contributed by atoms with Gasteiger partial charge in [-0.2, -0.15) is 18.2 Å². The lowest BCUT2D eigenvalue weighted by molar-refractivity contribution is -0.148. The summed E-state index contributed by atoms with van der Waals surface area (Å²) in [7, 11) is 1.50. The van der Waals surface area contributed by atoms with Crippen LogP contribution in [0.15, 0.2) is 42.7 Å². The van der Waals surface area contributed by atoms with Gasteiger partial charge in [0.1, 0.15) is 17.2 Å². The summed E-state index contributed by atoms with van der Waals surface area (Å²) in [6.07, 6.45) is 0.610. The highest BCUT2D eigenvalue weighted by Crippen LogP contribution is 2.31. The first-order chi connectivity index (χ1) is 15.3. The first-order valence-electron chi connectivity index (χ1n) is 9.73. The highest BCUT2D eigenvalue weighted by Gasteiger charge is 2.34. The molecule has 0 saturated carbocycles. The molecule has 0 aliphatic rings. The average Bonchev–Trinajstić information content (AvgIpc) is 3.09. The van der Waals surface area contributed by atoms with Crippen molar-refractivity contribution in [2.24, 2.45) is 7.05 Å². The van der Waals surface area contributed by atoms with Crippen LogP contribution in [-0.4, -0.2) is 31.1 Å². The van der Waals surface area contributed by atoms with E-state index in [1.54, 1.807) is 45.0 Å². The monoisotopic (exact) mass is 479 g/mol. The number of esters is 1. The summed E-state index contributed by atoms with van der Waals surface area (Å²) < 4.78 is 45.3. The number of halogens is 4. The smallest absolute Gasteiger partial charge is 0.434 e. The Morgan fingerprint density at radius 2 is 1.82 bits per heavy atom. The van der Waals surface area contributed by atoms with Gasteiger partial charge >= 0.3 is 12.1 Å². The number of ether oxygens (including phenoxy) is 1. The van der Waals surface area contributed by atoms with Gasteiger partial charge in [0.25, 0.3) is 0 Å². The number of hydrogen-bond donors (Lipinski definition) is 1. The van der Waals surface area contributed by atoms with Crippen LogP contribution >= 0.6 is 11.6 Å².